The number of hydrogen-bond donors (Lipinski definition) is 1. The van der Waals surface area contributed by atoms with E-state index in [1.165, 1.54) is 12.0 Å². The summed E-state index contributed by atoms with van der Waals surface area (Å²) in [6, 6.07) is 3.48. The Balaban J connectivity index is 2.10. The van der Waals surface area contributed by atoms with Crippen molar-refractivity contribution in [1.82, 2.24) is 9.88 Å². The topological polar surface area (TPSA) is 79.7 Å². The molecule has 1 unspecified atom stereocenters. The van der Waals surface area contributed by atoms with E-state index in [4.69, 9.17) is 21.4 Å². The lowest BCUT2D eigenvalue weighted by Gasteiger charge is -2.21. The Kier molecular flexibility index (Phi) is 5.01. The van der Waals surface area contributed by atoms with E-state index in [1.54, 1.807) is 12.3 Å². The molecule has 1 aromatic rings. The third-order valence-electron chi connectivity index (χ3n) is 3.81. The van der Waals surface area contributed by atoms with Gasteiger partial charge in [0.1, 0.15) is 5.15 Å². The molecule has 21 heavy (non-hydrogen) atoms. The molecule has 6 nitrogen and oxygen atoms in total. The number of ether oxygens (including phenoxy) is 1. The number of hydrogen-bond acceptors (Lipinski definition) is 4. The molecule has 1 amide bonds. The van der Waals surface area contributed by atoms with Gasteiger partial charge in [0.2, 0.25) is 0 Å². The summed E-state index contributed by atoms with van der Waals surface area (Å²) in [6.07, 6.45) is 1.80. The zero-order chi connectivity index (χ0) is 15.4. The number of likely N-dealkylation sites (tertiary alicyclic amines) is 1. The summed E-state index contributed by atoms with van der Waals surface area (Å²) in [6.45, 7) is 0.808. The van der Waals surface area contributed by atoms with Crippen LogP contribution in [0.5, 0.6) is 0 Å². The Morgan fingerprint density at radius 3 is 2.86 bits per heavy atom. The lowest BCUT2D eigenvalue weighted by Crippen LogP contribution is -2.32. The molecule has 1 saturated heterocycles. The number of esters is 1. The van der Waals surface area contributed by atoms with Crippen molar-refractivity contribution in [1.29, 1.82) is 0 Å². The lowest BCUT2D eigenvalue weighted by molar-refractivity contribution is -0.147. The molecule has 0 bridgehead atoms. The minimum absolute atomic E-state index is 0.0378. The minimum Gasteiger partial charge on any atom is -0.469 e. The third kappa shape index (κ3) is 3.85. The molecule has 0 saturated carbocycles. The van der Waals surface area contributed by atoms with Gasteiger partial charge >= 0.3 is 12.1 Å². The molecule has 7 heteroatoms. The summed E-state index contributed by atoms with van der Waals surface area (Å²) in [5.74, 6) is -0.728. The average Bonchev–Trinajstić information content (AvgIpc) is 2.95. The Morgan fingerprint density at radius 1 is 1.57 bits per heavy atom. The molecular weight excluding hydrogens is 296 g/mol. The Bertz CT molecular complexity index is 520. The van der Waals surface area contributed by atoms with Crippen LogP contribution in [0.3, 0.4) is 0 Å². The highest BCUT2D eigenvalue weighted by atomic mass is 35.5. The van der Waals surface area contributed by atoms with Crippen LogP contribution < -0.4 is 0 Å². The van der Waals surface area contributed by atoms with E-state index in [9.17, 15) is 9.59 Å². The number of halogens is 1. The molecule has 0 spiro atoms. The fraction of sp³-hybridized carbons (Fsp3) is 0.500. The number of rotatable bonds is 4. The quantitative estimate of drug-likeness (QED) is 0.680. The van der Waals surface area contributed by atoms with Gasteiger partial charge < -0.3 is 14.7 Å². The second kappa shape index (κ2) is 6.76. The summed E-state index contributed by atoms with van der Waals surface area (Å²) in [5.41, 5.74) is 0.878. The predicted octanol–water partition coefficient (Wildman–Crippen LogP) is 2.07. The number of methoxy groups -OCH3 is 1. The van der Waals surface area contributed by atoms with Gasteiger partial charge in [-0.3, -0.25) is 4.79 Å². The standard InChI is InChI=1S/C14H17ClN2O4/c1-21-13(18)11(6-9-2-3-12(15)16-7-9)10-4-5-17(8-10)14(19)20/h2-3,7,10-11H,4-6,8H2,1H3,(H,19,20)/t10-,11?/m0/s1. The first-order valence-electron chi connectivity index (χ1n) is 6.67. The van der Waals surface area contributed by atoms with Crippen molar-refractivity contribution in [3.05, 3.63) is 29.0 Å². The van der Waals surface area contributed by atoms with Gasteiger partial charge in [-0.05, 0) is 30.4 Å². The Hall–Kier alpha value is -1.82. The van der Waals surface area contributed by atoms with Gasteiger partial charge in [0.25, 0.3) is 0 Å². The molecule has 2 atom stereocenters. The van der Waals surface area contributed by atoms with Crippen LogP contribution in [-0.2, 0) is 16.0 Å². The highest BCUT2D eigenvalue weighted by Gasteiger charge is 2.36. The maximum Gasteiger partial charge on any atom is 0.407 e. The van der Waals surface area contributed by atoms with E-state index < -0.39 is 6.09 Å². The summed E-state index contributed by atoms with van der Waals surface area (Å²) < 4.78 is 4.87. The van der Waals surface area contributed by atoms with Gasteiger partial charge in [-0.2, -0.15) is 0 Å². The highest BCUT2D eigenvalue weighted by Crippen LogP contribution is 2.28. The zero-order valence-electron chi connectivity index (χ0n) is 11.7. The van der Waals surface area contributed by atoms with Gasteiger partial charge in [-0.25, -0.2) is 9.78 Å². The number of carbonyl (C=O) groups is 2. The van der Waals surface area contributed by atoms with Crippen LogP contribution in [0.25, 0.3) is 0 Å². The molecule has 1 aliphatic heterocycles. The van der Waals surface area contributed by atoms with Crippen LogP contribution in [0.15, 0.2) is 18.3 Å². The molecule has 2 rings (SSSR count). The third-order valence-corrected chi connectivity index (χ3v) is 4.04. The second-order valence-corrected chi connectivity index (χ2v) is 5.49. The molecule has 0 aromatic carbocycles. The van der Waals surface area contributed by atoms with Gasteiger partial charge in [0, 0.05) is 19.3 Å². The van der Waals surface area contributed by atoms with E-state index in [0.29, 0.717) is 31.1 Å². The molecule has 1 N–H and O–H groups in total. The van der Waals surface area contributed by atoms with Crippen LogP contribution in [-0.4, -0.2) is 47.3 Å². The van der Waals surface area contributed by atoms with Crippen molar-refractivity contribution < 1.29 is 19.4 Å². The summed E-state index contributed by atoms with van der Waals surface area (Å²) in [7, 11) is 1.35. The van der Waals surface area contributed by atoms with Gasteiger partial charge in [-0.1, -0.05) is 17.7 Å². The van der Waals surface area contributed by atoms with Crippen molar-refractivity contribution in [2.24, 2.45) is 11.8 Å². The van der Waals surface area contributed by atoms with Gasteiger partial charge in [0.15, 0.2) is 0 Å². The normalized spacial score (nSPS) is 19.3. The molecule has 1 aliphatic rings. The molecule has 2 heterocycles. The predicted molar refractivity (Wildman–Crippen MR) is 76.2 cm³/mol. The average molecular weight is 313 g/mol. The largest absolute Gasteiger partial charge is 0.469 e. The zero-order valence-corrected chi connectivity index (χ0v) is 12.4. The first-order valence-corrected chi connectivity index (χ1v) is 7.05. The fourth-order valence-electron chi connectivity index (χ4n) is 2.66. The van der Waals surface area contributed by atoms with Crippen molar-refractivity contribution in [3.8, 4) is 0 Å². The minimum atomic E-state index is -0.950. The number of nitrogens with zero attached hydrogens (tertiary/aromatic N) is 2. The first-order chi connectivity index (χ1) is 10.0. The van der Waals surface area contributed by atoms with Crippen LogP contribution in [0.2, 0.25) is 5.15 Å². The number of carbonyl (C=O) groups excluding carboxylic acids is 1. The van der Waals surface area contributed by atoms with E-state index in [-0.39, 0.29) is 17.8 Å². The fourth-order valence-corrected chi connectivity index (χ4v) is 2.78. The van der Waals surface area contributed by atoms with Crippen molar-refractivity contribution in [3.63, 3.8) is 0 Å². The second-order valence-electron chi connectivity index (χ2n) is 5.10. The Morgan fingerprint density at radius 2 is 2.33 bits per heavy atom. The maximum atomic E-state index is 12.0. The summed E-state index contributed by atoms with van der Waals surface area (Å²) in [4.78, 5) is 28.3. The molecule has 0 radical (unpaired) electrons. The number of amides is 1. The summed E-state index contributed by atoms with van der Waals surface area (Å²) >= 11 is 5.74. The number of pyridine rings is 1. The van der Waals surface area contributed by atoms with E-state index in [0.717, 1.165) is 5.56 Å². The van der Waals surface area contributed by atoms with Crippen molar-refractivity contribution >= 4 is 23.7 Å². The van der Waals surface area contributed by atoms with Crippen LogP contribution >= 0.6 is 11.6 Å². The maximum absolute atomic E-state index is 12.0. The first kappa shape index (κ1) is 15.6. The highest BCUT2D eigenvalue weighted by molar-refractivity contribution is 6.29. The molecule has 114 valence electrons. The lowest BCUT2D eigenvalue weighted by atomic mass is 9.86. The van der Waals surface area contributed by atoms with Crippen molar-refractivity contribution in [2.45, 2.75) is 12.8 Å². The number of carboxylic acid groups (broad SMARTS) is 1. The monoisotopic (exact) mass is 312 g/mol. The Labute approximate surface area is 127 Å². The van der Waals surface area contributed by atoms with Crippen molar-refractivity contribution in [2.75, 3.05) is 20.2 Å². The SMILES string of the molecule is COC(=O)C(Cc1ccc(Cl)nc1)[C@H]1CCN(C(=O)O)C1. The molecule has 1 aromatic heterocycles. The van der Waals surface area contributed by atoms with Gasteiger partial charge in [0.05, 0.1) is 13.0 Å². The smallest absolute Gasteiger partial charge is 0.407 e. The van der Waals surface area contributed by atoms with Crippen LogP contribution in [0.1, 0.15) is 12.0 Å². The van der Waals surface area contributed by atoms with E-state index in [2.05, 4.69) is 4.98 Å². The molecule has 0 aliphatic carbocycles. The van der Waals surface area contributed by atoms with Crippen LogP contribution in [0, 0.1) is 11.8 Å². The van der Waals surface area contributed by atoms with Crippen LogP contribution in [0.4, 0.5) is 4.79 Å². The van der Waals surface area contributed by atoms with E-state index >= 15 is 0 Å². The number of aromatic nitrogens is 1. The molecule has 1 fully saturated rings. The van der Waals surface area contributed by atoms with E-state index in [1.807, 2.05) is 6.07 Å². The molecular formula is C14H17ClN2O4. The summed E-state index contributed by atoms with van der Waals surface area (Å²) in [5, 5.41) is 9.41. The van der Waals surface area contributed by atoms with Gasteiger partial charge in [-0.15, -0.1) is 0 Å².